The van der Waals surface area contributed by atoms with Gasteiger partial charge in [-0.3, -0.25) is 9.59 Å². The fourth-order valence-corrected chi connectivity index (χ4v) is 5.14. The highest BCUT2D eigenvalue weighted by atomic mass is 35.5. The van der Waals surface area contributed by atoms with Crippen LogP contribution in [0.5, 0.6) is 0 Å². The van der Waals surface area contributed by atoms with Gasteiger partial charge in [0, 0.05) is 25.3 Å². The molecule has 2 amide bonds. The van der Waals surface area contributed by atoms with Crippen LogP contribution in [0.3, 0.4) is 0 Å². The molecule has 2 saturated heterocycles. The maximum Gasteiger partial charge on any atom is 0.241 e. The third-order valence-electron chi connectivity index (χ3n) is 5.50. The zero-order valence-electron chi connectivity index (χ0n) is 14.1. The van der Waals surface area contributed by atoms with Gasteiger partial charge in [-0.1, -0.05) is 6.92 Å². The summed E-state index contributed by atoms with van der Waals surface area (Å²) in [6.07, 6.45) is 2.98. The molecule has 3 unspecified atom stereocenters. The summed E-state index contributed by atoms with van der Waals surface area (Å²) in [7, 11) is -3.52. The lowest BCUT2D eigenvalue weighted by atomic mass is 9.95. The first-order chi connectivity index (χ1) is 10.7. The maximum absolute atomic E-state index is 12.7. The molecule has 2 aliphatic heterocycles. The van der Waals surface area contributed by atoms with Crippen molar-refractivity contribution in [2.75, 3.05) is 25.9 Å². The molecule has 1 saturated carbocycles. The van der Waals surface area contributed by atoms with Crippen molar-refractivity contribution in [2.45, 2.75) is 49.4 Å². The number of halogens is 1. The first kappa shape index (κ1) is 19.5. The van der Waals surface area contributed by atoms with Gasteiger partial charge in [0.25, 0.3) is 0 Å². The first-order valence-electron chi connectivity index (χ1n) is 8.25. The number of sulfone groups is 1. The summed E-state index contributed by atoms with van der Waals surface area (Å²) in [5.74, 6) is 0.147. The molecule has 2 N–H and O–H groups in total. The van der Waals surface area contributed by atoms with Crippen molar-refractivity contribution in [1.29, 1.82) is 0 Å². The predicted octanol–water partition coefficient (Wildman–Crippen LogP) is -0.299. The molecule has 2 heterocycles. The normalized spacial score (nSPS) is 32.2. The van der Waals surface area contributed by atoms with Gasteiger partial charge in [0.1, 0.15) is 0 Å². The van der Waals surface area contributed by atoms with Gasteiger partial charge in [0.2, 0.25) is 11.8 Å². The topological polar surface area (TPSA) is 95.6 Å². The summed E-state index contributed by atoms with van der Waals surface area (Å²) in [6.45, 7) is 3.63. The van der Waals surface area contributed by atoms with Gasteiger partial charge in [-0.05, 0) is 38.3 Å². The van der Waals surface area contributed by atoms with Gasteiger partial charge in [-0.25, -0.2) is 8.42 Å². The van der Waals surface area contributed by atoms with Gasteiger partial charge in [0.05, 0.1) is 6.04 Å². The second-order valence-corrected chi connectivity index (χ2v) is 9.54. The lowest BCUT2D eigenvalue weighted by molar-refractivity contribution is -0.128. The van der Waals surface area contributed by atoms with E-state index in [1.54, 1.807) is 0 Å². The van der Waals surface area contributed by atoms with Gasteiger partial charge >= 0.3 is 0 Å². The number of carbonyl (C=O) groups excluding carboxylic acids is 2. The molecule has 0 radical (unpaired) electrons. The highest BCUT2D eigenvalue weighted by Gasteiger charge is 2.50. The molecule has 1 aliphatic carbocycles. The van der Waals surface area contributed by atoms with Crippen molar-refractivity contribution in [3.8, 4) is 0 Å². The Morgan fingerprint density at radius 2 is 1.92 bits per heavy atom. The van der Waals surface area contributed by atoms with E-state index in [1.807, 2.05) is 4.90 Å². The number of hydrogen-bond acceptors (Lipinski definition) is 5. The molecule has 0 aromatic heterocycles. The monoisotopic (exact) mass is 379 g/mol. The second-order valence-electron chi connectivity index (χ2n) is 7.22. The van der Waals surface area contributed by atoms with Crippen molar-refractivity contribution in [1.82, 2.24) is 15.5 Å². The van der Waals surface area contributed by atoms with E-state index in [1.165, 1.54) is 0 Å². The van der Waals surface area contributed by atoms with Crippen LogP contribution in [-0.4, -0.2) is 67.9 Å². The SMILES string of the molecule is CC1CC1N1CC(NC(=O)C2(S(C)(=O)=O)CCNCC2)CC1=O.Cl. The Labute approximate surface area is 149 Å². The number of nitrogens with one attached hydrogen (secondary N) is 2. The molecule has 0 spiro atoms. The van der Waals surface area contributed by atoms with Crippen LogP contribution in [0.4, 0.5) is 0 Å². The third-order valence-corrected chi connectivity index (χ3v) is 7.51. The van der Waals surface area contributed by atoms with Crippen LogP contribution in [0, 0.1) is 5.92 Å². The fourth-order valence-electron chi connectivity index (χ4n) is 3.80. The average Bonchev–Trinajstić information content (AvgIpc) is 3.09. The Bertz CT molecular complexity index is 618. The highest BCUT2D eigenvalue weighted by molar-refractivity contribution is 7.92. The number of carbonyl (C=O) groups is 2. The minimum Gasteiger partial charge on any atom is -0.350 e. The first-order valence-corrected chi connectivity index (χ1v) is 10.1. The number of rotatable bonds is 4. The van der Waals surface area contributed by atoms with Crippen LogP contribution < -0.4 is 10.6 Å². The molecule has 9 heteroatoms. The molecule has 138 valence electrons. The number of amides is 2. The van der Waals surface area contributed by atoms with Crippen LogP contribution in [-0.2, 0) is 19.4 Å². The molecule has 0 aromatic carbocycles. The third kappa shape index (κ3) is 3.41. The van der Waals surface area contributed by atoms with E-state index >= 15 is 0 Å². The van der Waals surface area contributed by atoms with Crippen LogP contribution in [0.15, 0.2) is 0 Å². The lowest BCUT2D eigenvalue weighted by Gasteiger charge is -2.35. The summed E-state index contributed by atoms with van der Waals surface area (Å²) in [5, 5.41) is 5.94. The van der Waals surface area contributed by atoms with Crippen molar-refractivity contribution < 1.29 is 18.0 Å². The molecule has 7 nitrogen and oxygen atoms in total. The largest absolute Gasteiger partial charge is 0.350 e. The van der Waals surface area contributed by atoms with Crippen LogP contribution in [0.1, 0.15) is 32.6 Å². The molecule has 3 atom stereocenters. The van der Waals surface area contributed by atoms with Crippen molar-refractivity contribution >= 4 is 34.1 Å². The molecule has 24 heavy (non-hydrogen) atoms. The number of nitrogens with zero attached hydrogens (tertiary/aromatic N) is 1. The van der Waals surface area contributed by atoms with Crippen LogP contribution >= 0.6 is 12.4 Å². The lowest BCUT2D eigenvalue weighted by Crippen LogP contribution is -2.59. The van der Waals surface area contributed by atoms with E-state index < -0.39 is 20.5 Å². The van der Waals surface area contributed by atoms with E-state index in [2.05, 4.69) is 17.6 Å². The summed E-state index contributed by atoms with van der Waals surface area (Å²) in [6, 6.07) is 0.0171. The van der Waals surface area contributed by atoms with Crippen LogP contribution in [0.2, 0.25) is 0 Å². The highest BCUT2D eigenvalue weighted by Crippen LogP contribution is 2.37. The summed E-state index contributed by atoms with van der Waals surface area (Å²) < 4.78 is 23.1. The van der Waals surface area contributed by atoms with Gasteiger partial charge in [0.15, 0.2) is 14.6 Å². The molecular formula is C15H26ClN3O4S. The number of piperidine rings is 1. The van der Waals surface area contributed by atoms with Crippen molar-refractivity contribution in [2.24, 2.45) is 5.92 Å². The maximum atomic E-state index is 12.7. The smallest absolute Gasteiger partial charge is 0.241 e. The molecule has 3 rings (SSSR count). The number of likely N-dealkylation sites (tertiary alicyclic amines) is 1. The van der Waals surface area contributed by atoms with Gasteiger partial charge in [-0.15, -0.1) is 12.4 Å². The Morgan fingerprint density at radius 1 is 1.33 bits per heavy atom. The average molecular weight is 380 g/mol. The Balaban J connectivity index is 0.00000208. The minimum absolute atomic E-state index is 0. The Kier molecular flexibility index (Phi) is 5.52. The zero-order valence-corrected chi connectivity index (χ0v) is 15.7. The molecule has 3 fully saturated rings. The molecule has 0 aromatic rings. The summed E-state index contributed by atoms with van der Waals surface area (Å²) in [4.78, 5) is 26.7. The van der Waals surface area contributed by atoms with E-state index in [0.717, 1.165) is 12.7 Å². The van der Waals surface area contributed by atoms with Gasteiger partial charge < -0.3 is 15.5 Å². The Morgan fingerprint density at radius 3 is 2.42 bits per heavy atom. The number of hydrogen-bond donors (Lipinski definition) is 2. The Hall–Kier alpha value is -0.860. The summed E-state index contributed by atoms with van der Waals surface area (Å²) in [5.41, 5.74) is 0. The summed E-state index contributed by atoms with van der Waals surface area (Å²) >= 11 is 0. The molecule has 0 bridgehead atoms. The van der Waals surface area contributed by atoms with Gasteiger partial charge in [-0.2, -0.15) is 0 Å². The zero-order chi connectivity index (χ0) is 16.8. The van der Waals surface area contributed by atoms with E-state index in [0.29, 0.717) is 31.6 Å². The van der Waals surface area contributed by atoms with Crippen molar-refractivity contribution in [3.05, 3.63) is 0 Å². The standard InChI is InChI=1S/C15H25N3O4S.ClH/c1-10-7-12(10)18-9-11(8-13(18)19)17-14(20)15(23(2,21)22)3-5-16-6-4-15;/h10-12,16H,3-9H2,1-2H3,(H,17,20);1H. The predicted molar refractivity (Wildman–Crippen MR) is 92.8 cm³/mol. The molecule has 3 aliphatic rings. The van der Waals surface area contributed by atoms with E-state index in [-0.39, 0.29) is 43.6 Å². The fraction of sp³-hybridized carbons (Fsp3) is 0.867. The quantitative estimate of drug-likeness (QED) is 0.699. The second kappa shape index (κ2) is 6.80. The van der Waals surface area contributed by atoms with Crippen molar-refractivity contribution in [3.63, 3.8) is 0 Å². The van der Waals surface area contributed by atoms with E-state index in [9.17, 15) is 18.0 Å². The minimum atomic E-state index is -3.52. The van der Waals surface area contributed by atoms with Crippen LogP contribution in [0.25, 0.3) is 0 Å². The van der Waals surface area contributed by atoms with E-state index in [4.69, 9.17) is 0 Å². The molecular weight excluding hydrogens is 354 g/mol.